The lowest BCUT2D eigenvalue weighted by Crippen LogP contribution is -2.52. The number of carbonyl (C=O) groups is 1. The SMILES string of the molecule is O=C(NC[C@H]1O[C@@H](CO)[C@@H](O)[C@H]1N1CCCCC1)c1cccc(F)c1. The van der Waals surface area contributed by atoms with Crippen molar-refractivity contribution in [2.24, 2.45) is 0 Å². The Kier molecular flexibility index (Phi) is 6.01. The minimum atomic E-state index is -0.792. The number of hydrogen-bond acceptors (Lipinski definition) is 5. The lowest BCUT2D eigenvalue weighted by atomic mass is 9.99. The van der Waals surface area contributed by atoms with Gasteiger partial charge in [0.15, 0.2) is 0 Å². The molecule has 25 heavy (non-hydrogen) atoms. The van der Waals surface area contributed by atoms with Crippen molar-refractivity contribution in [2.45, 2.75) is 43.6 Å². The van der Waals surface area contributed by atoms with Gasteiger partial charge in [0.1, 0.15) is 18.0 Å². The van der Waals surface area contributed by atoms with Crippen LogP contribution in [0.4, 0.5) is 4.39 Å². The van der Waals surface area contributed by atoms with Gasteiger partial charge in [-0.25, -0.2) is 4.39 Å². The van der Waals surface area contributed by atoms with Gasteiger partial charge in [-0.15, -0.1) is 0 Å². The molecule has 2 fully saturated rings. The second-order valence-corrected chi connectivity index (χ2v) is 6.69. The fraction of sp³-hybridized carbons (Fsp3) is 0.611. The van der Waals surface area contributed by atoms with E-state index in [9.17, 15) is 19.4 Å². The van der Waals surface area contributed by atoms with Gasteiger partial charge in [-0.1, -0.05) is 12.5 Å². The highest BCUT2D eigenvalue weighted by molar-refractivity contribution is 5.94. The van der Waals surface area contributed by atoms with Crippen molar-refractivity contribution in [2.75, 3.05) is 26.2 Å². The number of ether oxygens (including phenoxy) is 1. The summed E-state index contributed by atoms with van der Waals surface area (Å²) >= 11 is 0. The number of piperidine rings is 1. The maximum atomic E-state index is 13.2. The van der Waals surface area contributed by atoms with Gasteiger partial charge in [0, 0.05) is 12.1 Å². The van der Waals surface area contributed by atoms with Crippen LogP contribution in [-0.4, -0.2) is 71.6 Å². The first-order valence-corrected chi connectivity index (χ1v) is 8.82. The van der Waals surface area contributed by atoms with Gasteiger partial charge in [-0.2, -0.15) is 0 Å². The molecule has 3 N–H and O–H groups in total. The lowest BCUT2D eigenvalue weighted by Gasteiger charge is -2.36. The Morgan fingerprint density at radius 2 is 2.04 bits per heavy atom. The highest BCUT2D eigenvalue weighted by Gasteiger charge is 2.46. The number of carbonyl (C=O) groups excluding carboxylic acids is 1. The second kappa shape index (κ2) is 8.23. The number of halogens is 1. The first kappa shape index (κ1) is 18.3. The molecule has 0 aromatic heterocycles. The summed E-state index contributed by atoms with van der Waals surface area (Å²) in [5.74, 6) is -0.853. The molecular formula is C18H25FN2O4. The van der Waals surface area contributed by atoms with E-state index in [0.717, 1.165) is 25.9 Å². The number of aliphatic hydroxyl groups is 2. The molecule has 2 saturated heterocycles. The van der Waals surface area contributed by atoms with Crippen molar-refractivity contribution in [1.29, 1.82) is 0 Å². The van der Waals surface area contributed by atoms with Crippen LogP contribution in [0.1, 0.15) is 29.6 Å². The van der Waals surface area contributed by atoms with Crippen LogP contribution >= 0.6 is 0 Å². The average Bonchev–Trinajstić information content (AvgIpc) is 2.96. The summed E-state index contributed by atoms with van der Waals surface area (Å²) in [6.07, 6.45) is 1.44. The van der Waals surface area contributed by atoms with Crippen LogP contribution in [-0.2, 0) is 4.74 Å². The maximum Gasteiger partial charge on any atom is 0.251 e. The topological polar surface area (TPSA) is 82.0 Å². The Balaban J connectivity index is 1.65. The molecule has 4 atom stereocenters. The highest BCUT2D eigenvalue weighted by Crippen LogP contribution is 2.28. The fourth-order valence-electron chi connectivity index (χ4n) is 3.74. The zero-order chi connectivity index (χ0) is 17.8. The molecule has 0 aliphatic carbocycles. The van der Waals surface area contributed by atoms with Crippen molar-refractivity contribution in [3.8, 4) is 0 Å². The van der Waals surface area contributed by atoms with E-state index in [1.54, 1.807) is 6.07 Å². The number of hydrogen-bond donors (Lipinski definition) is 3. The van der Waals surface area contributed by atoms with Crippen molar-refractivity contribution in [3.05, 3.63) is 35.6 Å². The van der Waals surface area contributed by atoms with E-state index >= 15 is 0 Å². The summed E-state index contributed by atoms with van der Waals surface area (Å²) in [7, 11) is 0. The van der Waals surface area contributed by atoms with E-state index < -0.39 is 24.1 Å². The molecule has 0 radical (unpaired) electrons. The molecule has 6 nitrogen and oxygen atoms in total. The number of nitrogens with one attached hydrogen (secondary N) is 1. The van der Waals surface area contributed by atoms with E-state index in [1.807, 2.05) is 0 Å². The van der Waals surface area contributed by atoms with E-state index in [1.165, 1.54) is 24.6 Å². The number of amides is 1. The van der Waals surface area contributed by atoms with Crippen molar-refractivity contribution in [3.63, 3.8) is 0 Å². The molecule has 2 aliphatic rings. The van der Waals surface area contributed by atoms with Gasteiger partial charge in [-0.05, 0) is 44.1 Å². The van der Waals surface area contributed by atoms with Crippen molar-refractivity contribution < 1.29 is 24.1 Å². The molecule has 0 unspecified atom stereocenters. The molecule has 2 aliphatic heterocycles. The Labute approximate surface area is 146 Å². The molecule has 1 aromatic rings. The van der Waals surface area contributed by atoms with Crippen molar-refractivity contribution >= 4 is 5.91 Å². The molecule has 2 heterocycles. The molecule has 0 bridgehead atoms. The number of likely N-dealkylation sites (tertiary alicyclic amines) is 1. The first-order valence-electron chi connectivity index (χ1n) is 8.82. The summed E-state index contributed by atoms with van der Waals surface area (Å²) in [5.41, 5.74) is 0.242. The molecule has 0 saturated carbocycles. The molecule has 1 amide bonds. The summed E-state index contributed by atoms with van der Waals surface area (Å²) < 4.78 is 19.0. The number of aliphatic hydroxyl groups excluding tert-OH is 2. The number of nitrogens with zero attached hydrogens (tertiary/aromatic N) is 1. The van der Waals surface area contributed by atoms with Crippen LogP contribution in [0.5, 0.6) is 0 Å². The van der Waals surface area contributed by atoms with Gasteiger partial charge in [-0.3, -0.25) is 9.69 Å². The lowest BCUT2D eigenvalue weighted by molar-refractivity contribution is -0.0209. The predicted molar refractivity (Wildman–Crippen MR) is 89.7 cm³/mol. The number of benzene rings is 1. The predicted octanol–water partition coefficient (Wildman–Crippen LogP) is 0.531. The van der Waals surface area contributed by atoms with Crippen molar-refractivity contribution in [1.82, 2.24) is 10.2 Å². The minimum Gasteiger partial charge on any atom is -0.394 e. The monoisotopic (exact) mass is 352 g/mol. The van der Waals surface area contributed by atoms with Gasteiger partial charge < -0.3 is 20.3 Å². The van der Waals surface area contributed by atoms with E-state index in [2.05, 4.69) is 10.2 Å². The van der Waals surface area contributed by atoms with Gasteiger partial charge >= 0.3 is 0 Å². The first-order chi connectivity index (χ1) is 12.1. The zero-order valence-corrected chi connectivity index (χ0v) is 14.1. The highest BCUT2D eigenvalue weighted by atomic mass is 19.1. The van der Waals surface area contributed by atoms with Crippen LogP contribution in [0.3, 0.4) is 0 Å². The van der Waals surface area contributed by atoms with E-state index in [0.29, 0.717) is 0 Å². The third kappa shape index (κ3) is 4.17. The fourth-order valence-corrected chi connectivity index (χ4v) is 3.74. The summed E-state index contributed by atoms with van der Waals surface area (Å²) in [6.45, 7) is 1.68. The van der Waals surface area contributed by atoms with Gasteiger partial charge in [0.05, 0.1) is 18.8 Å². The van der Waals surface area contributed by atoms with Crippen LogP contribution in [0, 0.1) is 5.82 Å². The largest absolute Gasteiger partial charge is 0.394 e. The smallest absolute Gasteiger partial charge is 0.251 e. The Morgan fingerprint density at radius 3 is 2.72 bits per heavy atom. The van der Waals surface area contributed by atoms with Gasteiger partial charge in [0.25, 0.3) is 5.91 Å². The maximum absolute atomic E-state index is 13.2. The molecule has 1 aromatic carbocycles. The second-order valence-electron chi connectivity index (χ2n) is 6.69. The number of rotatable bonds is 5. The quantitative estimate of drug-likeness (QED) is 0.720. The summed E-state index contributed by atoms with van der Waals surface area (Å²) in [4.78, 5) is 14.4. The van der Waals surface area contributed by atoms with Crippen LogP contribution in [0.15, 0.2) is 24.3 Å². The molecule has 7 heteroatoms. The Morgan fingerprint density at radius 1 is 1.28 bits per heavy atom. The third-order valence-electron chi connectivity index (χ3n) is 5.00. The summed E-state index contributed by atoms with van der Waals surface area (Å²) in [5, 5.41) is 22.7. The molecule has 138 valence electrons. The normalized spacial score (nSPS) is 30.4. The van der Waals surface area contributed by atoms with E-state index in [4.69, 9.17) is 4.74 Å². The Hall–Kier alpha value is -1.54. The standard InChI is InChI=1S/C18H25FN2O4/c19-13-6-4-5-12(9-13)18(24)20-10-14-16(17(23)15(11-22)25-14)21-7-2-1-3-8-21/h4-6,9,14-17,22-23H,1-3,7-8,10-11H2,(H,20,24)/t14-,15+,16+,17-/m1/s1. The molecule has 3 rings (SSSR count). The third-order valence-corrected chi connectivity index (χ3v) is 5.00. The van der Waals surface area contributed by atoms with Gasteiger partial charge in [0.2, 0.25) is 0 Å². The minimum absolute atomic E-state index is 0.198. The van der Waals surface area contributed by atoms with E-state index in [-0.39, 0.29) is 30.7 Å². The molecule has 0 spiro atoms. The van der Waals surface area contributed by atoms with Crippen LogP contribution in [0.2, 0.25) is 0 Å². The molecular weight excluding hydrogens is 327 g/mol. The average molecular weight is 352 g/mol. The summed E-state index contributed by atoms with van der Waals surface area (Å²) in [6, 6.07) is 5.23. The van der Waals surface area contributed by atoms with Crippen LogP contribution in [0.25, 0.3) is 0 Å². The van der Waals surface area contributed by atoms with Crippen LogP contribution < -0.4 is 5.32 Å². The Bertz CT molecular complexity index is 594. The zero-order valence-electron chi connectivity index (χ0n) is 14.1.